The molecule has 0 amide bonds. The summed E-state index contributed by atoms with van der Waals surface area (Å²) in [6.45, 7) is 0. The fourth-order valence-electron chi connectivity index (χ4n) is 1.58. The van der Waals surface area contributed by atoms with E-state index in [-0.39, 0.29) is 5.62 Å². The summed E-state index contributed by atoms with van der Waals surface area (Å²) in [7, 11) is 0. The molecule has 88 valence electrons. The van der Waals surface area contributed by atoms with E-state index < -0.39 is 0 Å². The van der Waals surface area contributed by atoms with Crippen molar-refractivity contribution in [1.29, 1.82) is 0 Å². The van der Waals surface area contributed by atoms with Crippen LogP contribution in [0, 0.1) is 0 Å². The average molecular weight is 239 g/mol. The van der Waals surface area contributed by atoms with E-state index in [1.807, 2.05) is 6.07 Å². The Kier molecular flexibility index (Phi) is 2.45. The van der Waals surface area contributed by atoms with Crippen LogP contribution < -0.4 is 5.62 Å². The van der Waals surface area contributed by atoms with Crippen LogP contribution in [0.2, 0.25) is 0 Å². The third-order valence-corrected chi connectivity index (χ3v) is 2.40. The Bertz CT molecular complexity index is 751. The molecule has 6 heteroatoms. The van der Waals surface area contributed by atoms with Gasteiger partial charge >= 0.3 is 0 Å². The van der Waals surface area contributed by atoms with E-state index >= 15 is 0 Å². The largest absolute Gasteiger partial charge is 0.423 e. The zero-order valence-electron chi connectivity index (χ0n) is 9.30. The number of pyridine rings is 2. The van der Waals surface area contributed by atoms with Crippen molar-refractivity contribution in [2.75, 3.05) is 0 Å². The topological polar surface area (TPSA) is 76.2 Å². The molecular weight excluding hydrogens is 230 g/mol. The number of nitrogens with zero attached hydrogens (tertiary/aromatic N) is 5. The summed E-state index contributed by atoms with van der Waals surface area (Å²) in [5.41, 5.74) is 1.19. The van der Waals surface area contributed by atoms with Crippen molar-refractivity contribution in [3.8, 4) is 0 Å². The van der Waals surface area contributed by atoms with Crippen molar-refractivity contribution < 1.29 is 5.21 Å². The van der Waals surface area contributed by atoms with Crippen LogP contribution in [0.1, 0.15) is 0 Å². The summed E-state index contributed by atoms with van der Waals surface area (Å²) in [6, 6.07) is 7.13. The Morgan fingerprint density at radius 2 is 1.94 bits per heavy atom. The second kappa shape index (κ2) is 4.25. The lowest BCUT2D eigenvalue weighted by Crippen LogP contribution is -2.22. The monoisotopic (exact) mass is 239 g/mol. The van der Waals surface area contributed by atoms with Gasteiger partial charge in [-0.05, 0) is 24.3 Å². The van der Waals surface area contributed by atoms with Gasteiger partial charge in [0.1, 0.15) is 0 Å². The maximum atomic E-state index is 9.99. The lowest BCUT2D eigenvalue weighted by molar-refractivity contribution is 0.179. The predicted octanol–water partition coefficient (Wildman–Crippen LogP) is 1.30. The molecule has 0 fully saturated rings. The summed E-state index contributed by atoms with van der Waals surface area (Å²) in [5, 5.41) is 10.7. The fourth-order valence-corrected chi connectivity index (χ4v) is 1.58. The summed E-state index contributed by atoms with van der Waals surface area (Å²) >= 11 is 0. The van der Waals surface area contributed by atoms with Gasteiger partial charge in [0.25, 0.3) is 5.62 Å². The Hall–Kier alpha value is -2.76. The minimum Gasteiger partial charge on any atom is -0.423 e. The van der Waals surface area contributed by atoms with Crippen molar-refractivity contribution in [1.82, 2.24) is 19.7 Å². The molecule has 0 aliphatic rings. The number of aromatic nitrogens is 4. The van der Waals surface area contributed by atoms with Gasteiger partial charge < -0.3 is 5.21 Å². The molecule has 0 aliphatic heterocycles. The lowest BCUT2D eigenvalue weighted by Gasteiger charge is -2.01. The second-order valence-electron chi connectivity index (χ2n) is 3.61. The molecule has 0 radical (unpaired) electrons. The number of fused-ring (bicyclic) bond motifs is 1. The van der Waals surface area contributed by atoms with Crippen molar-refractivity contribution in [2.24, 2.45) is 4.99 Å². The summed E-state index contributed by atoms with van der Waals surface area (Å²) in [5.74, 6) is 0. The van der Waals surface area contributed by atoms with Gasteiger partial charge in [-0.15, -0.1) is 4.73 Å². The van der Waals surface area contributed by atoms with Crippen molar-refractivity contribution in [2.45, 2.75) is 0 Å². The predicted molar refractivity (Wildman–Crippen MR) is 64.2 cm³/mol. The third-order valence-electron chi connectivity index (χ3n) is 2.40. The first kappa shape index (κ1) is 10.4. The van der Waals surface area contributed by atoms with E-state index in [2.05, 4.69) is 19.9 Å². The van der Waals surface area contributed by atoms with Crippen LogP contribution in [0.4, 0.5) is 5.69 Å². The van der Waals surface area contributed by atoms with Crippen LogP contribution >= 0.6 is 0 Å². The molecule has 0 saturated heterocycles. The van der Waals surface area contributed by atoms with E-state index in [9.17, 15) is 5.21 Å². The van der Waals surface area contributed by atoms with Crippen LogP contribution in [0.3, 0.4) is 0 Å². The van der Waals surface area contributed by atoms with E-state index in [1.165, 1.54) is 0 Å². The maximum Gasteiger partial charge on any atom is 0.265 e. The lowest BCUT2D eigenvalue weighted by atomic mass is 10.3. The van der Waals surface area contributed by atoms with Gasteiger partial charge in [0.2, 0.25) is 0 Å². The van der Waals surface area contributed by atoms with Crippen molar-refractivity contribution in [3.05, 3.63) is 54.7 Å². The maximum absolute atomic E-state index is 9.99. The first-order valence-electron chi connectivity index (χ1n) is 5.31. The molecule has 0 atom stereocenters. The SMILES string of the molecule is On1c(=Nc2cccnc2)ncc2cccnc21. The zero-order chi connectivity index (χ0) is 12.4. The van der Waals surface area contributed by atoms with Gasteiger partial charge in [-0.2, -0.15) is 0 Å². The van der Waals surface area contributed by atoms with Crippen LogP contribution in [0.25, 0.3) is 11.0 Å². The quantitative estimate of drug-likeness (QED) is 0.649. The number of rotatable bonds is 1. The van der Waals surface area contributed by atoms with Crippen molar-refractivity contribution >= 4 is 16.7 Å². The first-order valence-corrected chi connectivity index (χ1v) is 5.31. The molecular formula is C12H9N5O. The molecule has 0 aromatic carbocycles. The van der Waals surface area contributed by atoms with Gasteiger partial charge in [0, 0.05) is 24.0 Å². The highest BCUT2D eigenvalue weighted by Gasteiger charge is 2.01. The Morgan fingerprint density at radius 1 is 1.06 bits per heavy atom. The van der Waals surface area contributed by atoms with Gasteiger partial charge in [-0.25, -0.2) is 15.0 Å². The Labute approximate surface area is 102 Å². The molecule has 3 rings (SSSR count). The zero-order valence-corrected chi connectivity index (χ0v) is 9.30. The highest BCUT2D eigenvalue weighted by atomic mass is 16.5. The molecule has 3 aromatic rings. The van der Waals surface area contributed by atoms with E-state index in [0.717, 1.165) is 10.1 Å². The first-order chi connectivity index (χ1) is 8.84. The van der Waals surface area contributed by atoms with E-state index in [1.54, 1.807) is 43.0 Å². The summed E-state index contributed by atoms with van der Waals surface area (Å²) < 4.78 is 0.863. The molecule has 3 heterocycles. The summed E-state index contributed by atoms with van der Waals surface area (Å²) in [4.78, 5) is 16.3. The molecule has 0 unspecified atom stereocenters. The molecule has 0 saturated carbocycles. The molecule has 6 nitrogen and oxygen atoms in total. The van der Waals surface area contributed by atoms with Gasteiger partial charge in [0.05, 0.1) is 11.9 Å². The van der Waals surface area contributed by atoms with Crippen LogP contribution in [-0.2, 0) is 0 Å². The highest BCUT2D eigenvalue weighted by molar-refractivity contribution is 5.72. The van der Waals surface area contributed by atoms with E-state index in [0.29, 0.717) is 11.3 Å². The summed E-state index contributed by atoms with van der Waals surface area (Å²) in [6.07, 6.45) is 6.46. The molecule has 0 spiro atoms. The standard InChI is InChI=1S/C12H9N5O/c18-17-11-9(3-1-6-14-11)7-15-12(17)16-10-4-2-5-13-8-10/h1-8,18H. The molecule has 0 aliphatic carbocycles. The van der Waals surface area contributed by atoms with Crippen LogP contribution in [0.15, 0.2) is 54.0 Å². The minimum atomic E-state index is 0.161. The van der Waals surface area contributed by atoms with Gasteiger partial charge in [-0.1, -0.05) is 0 Å². The molecule has 1 N–H and O–H groups in total. The minimum absolute atomic E-state index is 0.161. The third kappa shape index (κ3) is 1.80. The molecule has 3 aromatic heterocycles. The Morgan fingerprint density at radius 3 is 2.78 bits per heavy atom. The normalized spacial score (nSPS) is 11.9. The van der Waals surface area contributed by atoms with Gasteiger partial charge in [-0.3, -0.25) is 4.98 Å². The van der Waals surface area contributed by atoms with Crippen LogP contribution in [0.5, 0.6) is 0 Å². The smallest absolute Gasteiger partial charge is 0.265 e. The highest BCUT2D eigenvalue weighted by Crippen LogP contribution is 2.07. The molecule has 18 heavy (non-hydrogen) atoms. The fraction of sp³-hybridized carbons (Fsp3) is 0. The number of hydrogen-bond donors (Lipinski definition) is 1. The van der Waals surface area contributed by atoms with Crippen molar-refractivity contribution in [3.63, 3.8) is 0 Å². The average Bonchev–Trinajstić information content (AvgIpc) is 2.43. The Balaban J connectivity index is 2.25. The number of hydrogen-bond acceptors (Lipinski definition) is 5. The van der Waals surface area contributed by atoms with Crippen LogP contribution in [-0.4, -0.2) is 24.9 Å². The van der Waals surface area contributed by atoms with Gasteiger partial charge in [0.15, 0.2) is 5.65 Å². The second-order valence-corrected chi connectivity index (χ2v) is 3.61. The van der Waals surface area contributed by atoms with E-state index in [4.69, 9.17) is 0 Å². The molecule has 0 bridgehead atoms.